The molecule has 0 spiro atoms. The first-order valence-corrected chi connectivity index (χ1v) is 5.89. The number of benzene rings is 1. The molecule has 0 amide bonds. The molecule has 78 valence electrons. The topological polar surface area (TPSA) is 12.0 Å². The fourth-order valence-corrected chi connectivity index (χ4v) is 1.93. The van der Waals surface area contributed by atoms with Crippen LogP contribution in [0.25, 0.3) is 0 Å². The van der Waals surface area contributed by atoms with Crippen LogP contribution in [0, 0.1) is 3.57 Å². The lowest BCUT2D eigenvalue weighted by molar-refractivity contribution is 0.145. The minimum Gasteiger partial charge on any atom is -0.307 e. The van der Waals surface area contributed by atoms with Crippen molar-refractivity contribution in [3.8, 4) is 0 Å². The third-order valence-electron chi connectivity index (χ3n) is 1.62. The molecular weight excluding hydrogens is 367 g/mol. The van der Waals surface area contributed by atoms with Crippen molar-refractivity contribution < 1.29 is 8.78 Å². The number of rotatable bonds is 4. The second-order valence-electron chi connectivity index (χ2n) is 2.76. The lowest BCUT2D eigenvalue weighted by atomic mass is 10.2. The lowest BCUT2D eigenvalue weighted by Gasteiger charge is -2.06. The molecule has 1 rings (SSSR count). The normalized spacial score (nSPS) is 10.9. The van der Waals surface area contributed by atoms with E-state index in [0.29, 0.717) is 6.54 Å². The molecule has 5 heteroatoms. The summed E-state index contributed by atoms with van der Waals surface area (Å²) in [5.41, 5.74) is 1.03. The van der Waals surface area contributed by atoms with Crippen LogP contribution in [0.1, 0.15) is 5.56 Å². The highest BCUT2D eigenvalue weighted by atomic mass is 127. The molecule has 0 aliphatic heterocycles. The highest BCUT2D eigenvalue weighted by molar-refractivity contribution is 14.1. The zero-order valence-electron chi connectivity index (χ0n) is 7.24. The summed E-state index contributed by atoms with van der Waals surface area (Å²) in [5.74, 6) is 0. The molecule has 0 saturated heterocycles. The molecule has 0 heterocycles. The van der Waals surface area contributed by atoms with Gasteiger partial charge in [-0.15, -0.1) is 0 Å². The predicted molar refractivity (Wildman–Crippen MR) is 64.6 cm³/mol. The van der Waals surface area contributed by atoms with Crippen LogP contribution in [0.5, 0.6) is 0 Å². The van der Waals surface area contributed by atoms with Crippen LogP contribution in [0.15, 0.2) is 22.7 Å². The molecule has 0 saturated carbocycles. The maximum atomic E-state index is 11.8. The predicted octanol–water partition coefficient (Wildman–Crippen LogP) is 3.41. The molecular formula is C9H9BrF2IN. The molecule has 1 nitrogen and oxygen atoms in total. The second kappa shape index (κ2) is 5.97. The van der Waals surface area contributed by atoms with Crippen molar-refractivity contribution >= 4 is 38.5 Å². The van der Waals surface area contributed by atoms with E-state index in [-0.39, 0.29) is 6.54 Å². The highest BCUT2D eigenvalue weighted by Crippen LogP contribution is 2.18. The van der Waals surface area contributed by atoms with Gasteiger partial charge in [-0.3, -0.25) is 0 Å². The van der Waals surface area contributed by atoms with Crippen molar-refractivity contribution in [3.05, 3.63) is 31.8 Å². The third-order valence-corrected chi connectivity index (χ3v) is 3.17. The molecule has 0 aliphatic rings. The molecule has 0 aromatic heterocycles. The van der Waals surface area contributed by atoms with Gasteiger partial charge in [-0.1, -0.05) is 15.9 Å². The fourth-order valence-electron chi connectivity index (χ4n) is 0.995. The molecule has 0 unspecified atom stereocenters. The van der Waals surface area contributed by atoms with Crippen LogP contribution >= 0.6 is 38.5 Å². The molecule has 1 aromatic carbocycles. The van der Waals surface area contributed by atoms with Gasteiger partial charge in [0.2, 0.25) is 0 Å². The number of hydrogen-bond acceptors (Lipinski definition) is 1. The maximum absolute atomic E-state index is 11.8. The summed E-state index contributed by atoms with van der Waals surface area (Å²) in [6, 6.07) is 5.81. The molecule has 0 bridgehead atoms. The van der Waals surface area contributed by atoms with Crippen LogP contribution in [0.3, 0.4) is 0 Å². The maximum Gasteiger partial charge on any atom is 0.250 e. The highest BCUT2D eigenvalue weighted by Gasteiger charge is 2.03. The minimum absolute atomic E-state index is 0.261. The van der Waals surface area contributed by atoms with Gasteiger partial charge in [0.05, 0.1) is 6.54 Å². The van der Waals surface area contributed by atoms with Crippen LogP contribution in [-0.4, -0.2) is 13.0 Å². The van der Waals surface area contributed by atoms with Crippen LogP contribution < -0.4 is 5.32 Å². The van der Waals surface area contributed by atoms with Gasteiger partial charge in [-0.25, -0.2) is 8.78 Å². The Bertz CT molecular complexity index is 307. The Hall–Kier alpha value is 0.250. The van der Waals surface area contributed by atoms with E-state index in [0.717, 1.165) is 13.6 Å². The minimum atomic E-state index is -2.29. The van der Waals surface area contributed by atoms with Crippen LogP contribution in [0.2, 0.25) is 0 Å². The van der Waals surface area contributed by atoms with Gasteiger partial charge >= 0.3 is 0 Å². The standard InChI is InChI=1S/C9H9BrF2IN/c10-7-1-2-8(13)6(3-7)4-14-5-9(11)12/h1-3,9,14H,4-5H2. The van der Waals surface area contributed by atoms with E-state index in [2.05, 4.69) is 43.8 Å². The van der Waals surface area contributed by atoms with E-state index in [1.54, 1.807) is 0 Å². The summed E-state index contributed by atoms with van der Waals surface area (Å²) in [6.45, 7) is 0.213. The number of hydrogen-bond donors (Lipinski definition) is 1. The van der Waals surface area contributed by atoms with Crippen molar-refractivity contribution in [2.75, 3.05) is 6.54 Å². The van der Waals surface area contributed by atoms with Crippen LogP contribution in [0.4, 0.5) is 8.78 Å². The molecule has 0 fully saturated rings. The van der Waals surface area contributed by atoms with Gasteiger partial charge in [0.1, 0.15) is 0 Å². The van der Waals surface area contributed by atoms with Gasteiger partial charge in [0.25, 0.3) is 6.43 Å². The Balaban J connectivity index is 2.53. The van der Waals surface area contributed by atoms with Gasteiger partial charge in [0.15, 0.2) is 0 Å². The largest absolute Gasteiger partial charge is 0.307 e. The van der Waals surface area contributed by atoms with E-state index in [4.69, 9.17) is 0 Å². The summed E-state index contributed by atoms with van der Waals surface area (Å²) in [6.07, 6.45) is -2.29. The summed E-state index contributed by atoms with van der Waals surface area (Å²) < 4.78 is 25.7. The zero-order valence-corrected chi connectivity index (χ0v) is 11.0. The van der Waals surface area contributed by atoms with Gasteiger partial charge in [-0.2, -0.15) is 0 Å². The number of alkyl halides is 2. The fraction of sp³-hybridized carbons (Fsp3) is 0.333. The summed E-state index contributed by atoms with van der Waals surface area (Å²) >= 11 is 5.52. The summed E-state index contributed by atoms with van der Waals surface area (Å²) in [4.78, 5) is 0. The second-order valence-corrected chi connectivity index (χ2v) is 4.84. The SMILES string of the molecule is FC(F)CNCc1cc(Br)ccc1I. The molecule has 1 N–H and O–H groups in total. The third kappa shape index (κ3) is 4.18. The first-order valence-electron chi connectivity index (χ1n) is 4.02. The zero-order chi connectivity index (χ0) is 10.6. The van der Waals surface area contributed by atoms with E-state index >= 15 is 0 Å². The molecule has 0 atom stereocenters. The average molecular weight is 376 g/mol. The number of nitrogens with one attached hydrogen (secondary N) is 1. The Morgan fingerprint density at radius 1 is 1.43 bits per heavy atom. The van der Waals surface area contributed by atoms with Crippen LogP contribution in [-0.2, 0) is 6.54 Å². The summed E-state index contributed by atoms with van der Waals surface area (Å²) in [7, 11) is 0. The average Bonchev–Trinajstić information content (AvgIpc) is 2.10. The van der Waals surface area contributed by atoms with E-state index in [1.807, 2.05) is 18.2 Å². The van der Waals surface area contributed by atoms with E-state index < -0.39 is 6.43 Å². The first kappa shape index (κ1) is 12.3. The quantitative estimate of drug-likeness (QED) is 0.795. The monoisotopic (exact) mass is 375 g/mol. The van der Waals surface area contributed by atoms with Crippen molar-refractivity contribution in [2.45, 2.75) is 13.0 Å². The molecule has 0 aliphatic carbocycles. The van der Waals surface area contributed by atoms with Gasteiger partial charge < -0.3 is 5.32 Å². The Labute approximate surface area is 104 Å². The van der Waals surface area contributed by atoms with Gasteiger partial charge in [-0.05, 0) is 46.4 Å². The van der Waals surface area contributed by atoms with Crippen molar-refractivity contribution in [1.82, 2.24) is 5.32 Å². The van der Waals surface area contributed by atoms with Crippen molar-refractivity contribution in [1.29, 1.82) is 0 Å². The number of halogens is 4. The van der Waals surface area contributed by atoms with Crippen molar-refractivity contribution in [2.24, 2.45) is 0 Å². The van der Waals surface area contributed by atoms with Crippen molar-refractivity contribution in [3.63, 3.8) is 0 Å². The van der Waals surface area contributed by atoms with E-state index in [1.165, 1.54) is 0 Å². The molecule has 0 radical (unpaired) electrons. The summed E-state index contributed by atoms with van der Waals surface area (Å²) in [5, 5.41) is 2.69. The molecule has 1 aromatic rings. The van der Waals surface area contributed by atoms with Gasteiger partial charge in [0, 0.05) is 14.6 Å². The smallest absolute Gasteiger partial charge is 0.250 e. The first-order chi connectivity index (χ1) is 6.59. The Morgan fingerprint density at radius 3 is 2.79 bits per heavy atom. The lowest BCUT2D eigenvalue weighted by Crippen LogP contribution is -2.21. The Morgan fingerprint density at radius 2 is 2.14 bits per heavy atom. The Kier molecular flexibility index (Phi) is 5.25. The molecule has 14 heavy (non-hydrogen) atoms. The van der Waals surface area contributed by atoms with E-state index in [9.17, 15) is 8.78 Å².